The number of aryl methyl sites for hydroxylation is 3. The molecule has 0 amide bonds. The second-order valence-corrected chi connectivity index (χ2v) is 6.83. The van der Waals surface area contributed by atoms with Crippen molar-refractivity contribution in [2.24, 2.45) is 0 Å². The van der Waals surface area contributed by atoms with Crippen LogP contribution in [0, 0.1) is 13.8 Å². The van der Waals surface area contributed by atoms with Crippen molar-refractivity contribution in [2.45, 2.75) is 49.6 Å². The van der Waals surface area contributed by atoms with Crippen molar-refractivity contribution in [2.75, 3.05) is 7.05 Å². The van der Waals surface area contributed by atoms with Crippen LogP contribution < -0.4 is 5.32 Å². The molecule has 2 atom stereocenters. The predicted molar refractivity (Wildman–Crippen MR) is 86.8 cm³/mol. The molecule has 3 rings (SSSR count). The molecule has 112 valence electrons. The van der Waals surface area contributed by atoms with Gasteiger partial charge in [-0.3, -0.25) is 0 Å². The lowest BCUT2D eigenvalue weighted by molar-refractivity contribution is 0.427. The fraction of sp³-hybridized carbons (Fsp3) is 0.471. The van der Waals surface area contributed by atoms with Gasteiger partial charge in [-0.1, -0.05) is 36.0 Å². The number of nitrogens with one attached hydrogen (secondary N) is 1. The Morgan fingerprint density at radius 3 is 2.81 bits per heavy atom. The maximum atomic E-state index is 5.76. The molecule has 0 spiro atoms. The molecule has 4 heteroatoms. The molecule has 1 aliphatic rings. The van der Waals surface area contributed by atoms with E-state index in [2.05, 4.69) is 34.6 Å². The zero-order valence-corrected chi connectivity index (χ0v) is 13.7. The summed E-state index contributed by atoms with van der Waals surface area (Å²) in [5.41, 5.74) is 3.89. The molecule has 1 aromatic carbocycles. The zero-order valence-electron chi connectivity index (χ0n) is 12.8. The van der Waals surface area contributed by atoms with E-state index >= 15 is 0 Å². The first-order valence-corrected chi connectivity index (χ1v) is 8.42. The molecule has 21 heavy (non-hydrogen) atoms. The van der Waals surface area contributed by atoms with Gasteiger partial charge in [-0.25, -0.2) is 4.98 Å². The predicted octanol–water partition coefficient (Wildman–Crippen LogP) is 4.05. The first-order chi connectivity index (χ1) is 10.2. The van der Waals surface area contributed by atoms with E-state index in [9.17, 15) is 0 Å². The van der Waals surface area contributed by atoms with Gasteiger partial charge in [0.2, 0.25) is 0 Å². The van der Waals surface area contributed by atoms with Crippen molar-refractivity contribution < 1.29 is 4.42 Å². The van der Waals surface area contributed by atoms with Gasteiger partial charge >= 0.3 is 0 Å². The van der Waals surface area contributed by atoms with Crippen LogP contribution in [-0.2, 0) is 6.42 Å². The van der Waals surface area contributed by atoms with Crippen molar-refractivity contribution in [1.29, 1.82) is 0 Å². The lowest BCUT2D eigenvalue weighted by Gasteiger charge is -2.24. The minimum atomic E-state index is 0.348. The minimum absolute atomic E-state index is 0.348. The number of nitrogens with zero attached hydrogens (tertiary/aromatic N) is 1. The van der Waals surface area contributed by atoms with Crippen molar-refractivity contribution in [3.63, 3.8) is 0 Å². The summed E-state index contributed by atoms with van der Waals surface area (Å²) in [4.78, 5) is 4.53. The van der Waals surface area contributed by atoms with Gasteiger partial charge in [0.05, 0.1) is 5.69 Å². The Hall–Kier alpha value is -1.26. The Morgan fingerprint density at radius 1 is 1.29 bits per heavy atom. The Morgan fingerprint density at radius 2 is 2.10 bits per heavy atom. The SMILES string of the molecule is CNC1c2ccccc2CCCC1Sc1nc(C)c(C)o1. The van der Waals surface area contributed by atoms with Crippen LogP contribution in [-0.4, -0.2) is 17.3 Å². The topological polar surface area (TPSA) is 38.1 Å². The second kappa shape index (κ2) is 6.24. The summed E-state index contributed by atoms with van der Waals surface area (Å²) in [6.07, 6.45) is 3.55. The molecule has 0 aliphatic heterocycles. The van der Waals surface area contributed by atoms with Gasteiger partial charge in [-0.2, -0.15) is 0 Å². The minimum Gasteiger partial charge on any atom is -0.437 e. The van der Waals surface area contributed by atoms with Crippen molar-refractivity contribution in [1.82, 2.24) is 10.3 Å². The normalized spacial score (nSPS) is 21.9. The Bertz CT molecular complexity index is 604. The quantitative estimate of drug-likeness (QED) is 0.868. The third-order valence-electron chi connectivity index (χ3n) is 4.27. The highest BCUT2D eigenvalue weighted by molar-refractivity contribution is 7.99. The summed E-state index contributed by atoms with van der Waals surface area (Å²) in [5.74, 6) is 0.924. The summed E-state index contributed by atoms with van der Waals surface area (Å²) in [6.45, 7) is 3.98. The first kappa shape index (κ1) is 14.7. The summed E-state index contributed by atoms with van der Waals surface area (Å²) in [6, 6.07) is 9.13. The summed E-state index contributed by atoms with van der Waals surface area (Å²) >= 11 is 1.77. The van der Waals surface area contributed by atoms with Gasteiger partial charge in [0.1, 0.15) is 5.76 Å². The number of oxazole rings is 1. The summed E-state index contributed by atoms with van der Waals surface area (Å²) in [7, 11) is 2.05. The summed E-state index contributed by atoms with van der Waals surface area (Å²) < 4.78 is 5.76. The molecule has 1 N–H and O–H groups in total. The van der Waals surface area contributed by atoms with Crippen LogP contribution in [0.3, 0.4) is 0 Å². The van der Waals surface area contributed by atoms with E-state index in [1.165, 1.54) is 24.0 Å². The van der Waals surface area contributed by atoms with Crippen molar-refractivity contribution in [3.8, 4) is 0 Å². The van der Waals surface area contributed by atoms with E-state index < -0.39 is 0 Å². The molecule has 0 fully saturated rings. The number of benzene rings is 1. The number of thioether (sulfide) groups is 1. The molecule has 1 aromatic heterocycles. The van der Waals surface area contributed by atoms with Crippen LogP contribution >= 0.6 is 11.8 Å². The van der Waals surface area contributed by atoms with Crippen LogP contribution in [0.1, 0.15) is 41.5 Å². The fourth-order valence-corrected chi connectivity index (χ4v) is 4.34. The Balaban J connectivity index is 1.87. The van der Waals surface area contributed by atoms with E-state index in [-0.39, 0.29) is 0 Å². The van der Waals surface area contributed by atoms with Crippen LogP contribution in [0.2, 0.25) is 0 Å². The third kappa shape index (κ3) is 3.01. The fourth-order valence-electron chi connectivity index (χ4n) is 3.02. The highest BCUT2D eigenvalue weighted by atomic mass is 32.2. The Labute approximate surface area is 130 Å². The van der Waals surface area contributed by atoms with Gasteiger partial charge in [-0.15, -0.1) is 0 Å². The maximum absolute atomic E-state index is 5.76. The second-order valence-electron chi connectivity index (χ2n) is 5.64. The molecule has 2 unspecified atom stereocenters. The molecule has 1 heterocycles. The third-order valence-corrected chi connectivity index (χ3v) is 5.46. The molecule has 1 aliphatic carbocycles. The largest absolute Gasteiger partial charge is 0.437 e. The first-order valence-electron chi connectivity index (χ1n) is 7.55. The maximum Gasteiger partial charge on any atom is 0.256 e. The molecule has 0 saturated carbocycles. The average Bonchev–Trinajstić information content (AvgIpc) is 2.70. The molecule has 3 nitrogen and oxygen atoms in total. The van der Waals surface area contributed by atoms with Crippen LogP contribution in [0.15, 0.2) is 33.9 Å². The van der Waals surface area contributed by atoms with E-state index in [1.54, 1.807) is 11.8 Å². The number of rotatable bonds is 3. The van der Waals surface area contributed by atoms with Gasteiger partial charge in [-0.05, 0) is 51.3 Å². The number of fused-ring (bicyclic) bond motifs is 1. The van der Waals surface area contributed by atoms with Gasteiger partial charge in [0, 0.05) is 11.3 Å². The van der Waals surface area contributed by atoms with Crippen molar-refractivity contribution in [3.05, 3.63) is 46.8 Å². The number of hydrogen-bond donors (Lipinski definition) is 1. The van der Waals surface area contributed by atoms with Gasteiger partial charge in [0.15, 0.2) is 0 Å². The Kier molecular flexibility index (Phi) is 4.36. The standard InChI is InChI=1S/C17H22N2OS/c1-11-12(2)20-17(19-11)21-15-10-6-8-13-7-4-5-9-14(13)16(15)18-3/h4-5,7,9,15-16,18H,6,8,10H2,1-3H3. The molecular weight excluding hydrogens is 280 g/mol. The van der Waals surface area contributed by atoms with Crippen LogP contribution in [0.4, 0.5) is 0 Å². The van der Waals surface area contributed by atoms with E-state index in [4.69, 9.17) is 4.42 Å². The molecular formula is C17H22N2OS. The monoisotopic (exact) mass is 302 g/mol. The lowest BCUT2D eigenvalue weighted by Crippen LogP contribution is -2.27. The highest BCUT2D eigenvalue weighted by Gasteiger charge is 2.28. The van der Waals surface area contributed by atoms with Crippen LogP contribution in [0.5, 0.6) is 0 Å². The van der Waals surface area contributed by atoms with Crippen molar-refractivity contribution >= 4 is 11.8 Å². The summed E-state index contributed by atoms with van der Waals surface area (Å²) in [5, 5.41) is 4.76. The van der Waals surface area contributed by atoms with Crippen LogP contribution in [0.25, 0.3) is 0 Å². The van der Waals surface area contributed by atoms with E-state index in [1.807, 2.05) is 20.9 Å². The zero-order chi connectivity index (χ0) is 14.8. The smallest absolute Gasteiger partial charge is 0.256 e. The molecule has 2 aromatic rings. The van der Waals surface area contributed by atoms with Gasteiger partial charge in [0.25, 0.3) is 5.22 Å². The molecule has 0 bridgehead atoms. The lowest BCUT2D eigenvalue weighted by atomic mass is 9.99. The number of aromatic nitrogens is 1. The molecule has 0 saturated heterocycles. The highest BCUT2D eigenvalue weighted by Crippen LogP contribution is 2.39. The average molecular weight is 302 g/mol. The van der Waals surface area contributed by atoms with Gasteiger partial charge < -0.3 is 9.73 Å². The number of hydrogen-bond acceptors (Lipinski definition) is 4. The molecule has 0 radical (unpaired) electrons. The van der Waals surface area contributed by atoms with E-state index in [0.717, 1.165) is 23.1 Å². The van der Waals surface area contributed by atoms with E-state index in [0.29, 0.717) is 11.3 Å².